The molecule has 0 saturated heterocycles. The van der Waals surface area contributed by atoms with Crippen molar-refractivity contribution in [2.45, 2.75) is 6.42 Å². The third-order valence-corrected chi connectivity index (χ3v) is 15.8. The number of rotatable bonds is 6. The second-order valence-electron chi connectivity index (χ2n) is 18.4. The fraction of sp³-hybridized carbons (Fsp3) is 0.0154. The van der Waals surface area contributed by atoms with Gasteiger partial charge in [-0.2, -0.15) is 0 Å². The van der Waals surface area contributed by atoms with Gasteiger partial charge in [0, 0.05) is 64.2 Å². The lowest BCUT2D eigenvalue weighted by Gasteiger charge is -2.12. The lowest BCUT2D eigenvalue weighted by molar-refractivity contribution is 0.669. The van der Waals surface area contributed by atoms with Crippen LogP contribution in [0.1, 0.15) is 22.3 Å². The molecular weight excluding hydrogens is 857 g/mol. The van der Waals surface area contributed by atoms with E-state index in [2.05, 4.69) is 240 Å². The molecule has 0 unspecified atom stereocenters. The van der Waals surface area contributed by atoms with Crippen molar-refractivity contribution in [2.24, 2.45) is 0 Å². The third-order valence-electron chi connectivity index (χ3n) is 14.6. The maximum atomic E-state index is 6.93. The van der Waals surface area contributed by atoms with Crippen molar-refractivity contribution in [3.05, 3.63) is 253 Å². The number of allylic oxidation sites excluding steroid dienone is 1. The first-order valence-corrected chi connectivity index (χ1v) is 24.5. The van der Waals surface area contributed by atoms with E-state index >= 15 is 0 Å². The van der Waals surface area contributed by atoms with Crippen LogP contribution in [0.25, 0.3) is 120 Å². The van der Waals surface area contributed by atoms with E-state index in [0.717, 1.165) is 39.6 Å². The number of thiophene rings is 1. The highest BCUT2D eigenvalue weighted by Gasteiger charge is 2.26. The van der Waals surface area contributed by atoms with Crippen molar-refractivity contribution in [1.82, 2.24) is 9.13 Å². The first-order chi connectivity index (χ1) is 34.2. The van der Waals surface area contributed by atoms with Crippen LogP contribution in [0.15, 0.2) is 235 Å². The number of benzene rings is 10. The molecule has 69 heavy (non-hydrogen) atoms. The molecule has 1 aliphatic rings. The number of fused-ring (bicyclic) bond motifs is 11. The highest BCUT2D eigenvalue weighted by atomic mass is 32.1. The molecule has 0 bridgehead atoms. The van der Waals surface area contributed by atoms with Crippen LogP contribution in [-0.4, -0.2) is 9.13 Å². The number of hydrogen-bond acceptors (Lipinski definition) is 2. The van der Waals surface area contributed by atoms with Crippen molar-refractivity contribution in [3.63, 3.8) is 0 Å². The topological polar surface area (TPSA) is 23.0 Å². The average Bonchev–Trinajstić information content (AvgIpc) is 4.23. The molecule has 0 amide bonds. The normalized spacial score (nSPS) is 12.8. The Balaban J connectivity index is 0.861. The van der Waals surface area contributed by atoms with Crippen LogP contribution in [0.4, 0.5) is 0 Å². The minimum atomic E-state index is 0.860. The first-order valence-electron chi connectivity index (χ1n) is 23.7. The van der Waals surface area contributed by atoms with Crippen molar-refractivity contribution < 1.29 is 4.42 Å². The van der Waals surface area contributed by atoms with Gasteiger partial charge in [0.25, 0.3) is 0 Å². The predicted octanol–water partition coefficient (Wildman–Crippen LogP) is 17.8. The quantitative estimate of drug-likeness (QED) is 0.163. The van der Waals surface area contributed by atoms with Crippen LogP contribution < -0.4 is 0 Å². The van der Waals surface area contributed by atoms with Gasteiger partial charge in [-0.1, -0.05) is 140 Å². The van der Waals surface area contributed by atoms with E-state index in [0.29, 0.717) is 0 Å². The summed E-state index contributed by atoms with van der Waals surface area (Å²) in [5, 5.41) is 8.53. The Morgan fingerprint density at radius 1 is 0.362 bits per heavy atom. The molecule has 0 spiro atoms. The molecule has 0 saturated carbocycles. The summed E-state index contributed by atoms with van der Waals surface area (Å²) in [4.78, 5) is 1.24. The molecule has 14 aromatic rings. The summed E-state index contributed by atoms with van der Waals surface area (Å²) in [5.41, 5.74) is 20.3. The van der Waals surface area contributed by atoms with E-state index in [1.54, 1.807) is 0 Å². The summed E-state index contributed by atoms with van der Waals surface area (Å²) >= 11 is 1.86. The maximum Gasteiger partial charge on any atom is 0.136 e. The van der Waals surface area contributed by atoms with E-state index in [-0.39, 0.29) is 0 Å². The molecule has 0 fully saturated rings. The second kappa shape index (κ2) is 14.9. The lowest BCUT2D eigenvalue weighted by atomic mass is 9.93. The molecule has 0 radical (unpaired) electrons. The maximum absolute atomic E-state index is 6.93. The van der Waals surface area contributed by atoms with Gasteiger partial charge in [-0.05, 0) is 142 Å². The van der Waals surface area contributed by atoms with Gasteiger partial charge in [0.2, 0.25) is 0 Å². The number of nitrogens with zero attached hydrogens (tertiary/aromatic N) is 2. The second-order valence-corrected chi connectivity index (χ2v) is 19.4. The van der Waals surface area contributed by atoms with E-state index in [1.807, 2.05) is 11.3 Å². The molecule has 0 N–H and O–H groups in total. The Morgan fingerprint density at radius 3 is 1.55 bits per heavy atom. The van der Waals surface area contributed by atoms with Crippen molar-refractivity contribution in [1.29, 1.82) is 0 Å². The summed E-state index contributed by atoms with van der Waals surface area (Å²) in [6, 6.07) is 84.4. The molecule has 322 valence electrons. The molecule has 4 aromatic heterocycles. The monoisotopic (exact) mass is 896 g/mol. The molecule has 0 aliphatic heterocycles. The fourth-order valence-corrected chi connectivity index (χ4v) is 12.8. The summed E-state index contributed by atoms with van der Waals surface area (Å²) in [5.74, 6) is 0. The molecule has 4 heteroatoms. The van der Waals surface area contributed by atoms with Crippen LogP contribution in [-0.2, 0) is 6.42 Å². The van der Waals surface area contributed by atoms with Gasteiger partial charge in [-0.3, -0.25) is 0 Å². The zero-order valence-corrected chi connectivity index (χ0v) is 38.2. The Labute approximate surface area is 401 Å². The van der Waals surface area contributed by atoms with Gasteiger partial charge in [0.05, 0.1) is 22.1 Å². The smallest absolute Gasteiger partial charge is 0.136 e. The van der Waals surface area contributed by atoms with Gasteiger partial charge in [-0.15, -0.1) is 11.3 Å². The van der Waals surface area contributed by atoms with E-state index < -0.39 is 0 Å². The molecule has 0 atom stereocenters. The highest BCUT2D eigenvalue weighted by molar-refractivity contribution is 7.23. The predicted molar refractivity (Wildman–Crippen MR) is 291 cm³/mol. The molecule has 15 rings (SSSR count). The standard InChI is InChI=1S/C65H40N2OS/c1-3-16-45(17-4-1)66-56-24-12-9-21-48(56)54-36-42(29-33-58(54)66)63-47-20-8-7-15-40(47)35-53(63)41-27-31-50-51-32-28-44(39-61(51)68-60(50)38-41)65-64(52-23-11-14-26-62(52)69-65)43-30-34-59-55(37-43)49-22-10-13-25-57(49)67(59)46-18-5-2-6-19-46/h1-34,36-39H,35H2. The Hall–Kier alpha value is -8.70. The van der Waals surface area contributed by atoms with Crippen molar-refractivity contribution >= 4 is 98.1 Å². The van der Waals surface area contributed by atoms with E-state index in [4.69, 9.17) is 4.42 Å². The summed E-state index contributed by atoms with van der Waals surface area (Å²) in [6.45, 7) is 0. The number of hydrogen-bond donors (Lipinski definition) is 0. The van der Waals surface area contributed by atoms with Crippen LogP contribution in [0.3, 0.4) is 0 Å². The summed E-state index contributed by atoms with van der Waals surface area (Å²) in [7, 11) is 0. The molecule has 4 heterocycles. The van der Waals surface area contributed by atoms with Crippen molar-refractivity contribution in [2.75, 3.05) is 0 Å². The first kappa shape index (κ1) is 38.4. The Morgan fingerprint density at radius 2 is 0.870 bits per heavy atom. The summed E-state index contributed by atoms with van der Waals surface area (Å²) in [6.07, 6.45) is 0.860. The van der Waals surface area contributed by atoms with Gasteiger partial charge >= 0.3 is 0 Å². The molecular formula is C65H40N2OS. The zero-order chi connectivity index (χ0) is 45.2. The van der Waals surface area contributed by atoms with Crippen LogP contribution in [0.2, 0.25) is 0 Å². The van der Waals surface area contributed by atoms with Crippen molar-refractivity contribution in [3.8, 4) is 32.9 Å². The number of furan rings is 1. The molecule has 3 nitrogen and oxygen atoms in total. The lowest BCUT2D eigenvalue weighted by Crippen LogP contribution is -1.93. The number of para-hydroxylation sites is 4. The van der Waals surface area contributed by atoms with Crippen LogP contribution in [0, 0.1) is 0 Å². The Bertz CT molecular complexity index is 4450. The van der Waals surface area contributed by atoms with E-state index in [9.17, 15) is 0 Å². The third kappa shape index (κ3) is 5.79. The fourth-order valence-electron chi connectivity index (χ4n) is 11.5. The summed E-state index contributed by atoms with van der Waals surface area (Å²) < 4.78 is 13.0. The van der Waals surface area contributed by atoms with Gasteiger partial charge < -0.3 is 13.6 Å². The largest absolute Gasteiger partial charge is 0.456 e. The SMILES string of the molecule is c1ccc(-n2c3ccccc3c3cc(C4=C(c5ccc6c(c5)oc5cc(-c7sc8ccccc8c7-c7ccc8c(c7)c7ccccc7n8-c7ccccc7)ccc56)Cc5ccccc54)ccc32)cc1. The van der Waals surface area contributed by atoms with Gasteiger partial charge in [0.15, 0.2) is 0 Å². The van der Waals surface area contributed by atoms with Crippen LogP contribution in [0.5, 0.6) is 0 Å². The van der Waals surface area contributed by atoms with Gasteiger partial charge in [0.1, 0.15) is 11.2 Å². The highest BCUT2D eigenvalue weighted by Crippen LogP contribution is 2.49. The average molecular weight is 897 g/mol. The van der Waals surface area contributed by atoms with E-state index in [1.165, 1.54) is 109 Å². The number of aromatic nitrogens is 2. The van der Waals surface area contributed by atoms with Gasteiger partial charge in [-0.25, -0.2) is 0 Å². The molecule has 10 aromatic carbocycles. The Kier molecular flexibility index (Phi) is 8.30. The minimum Gasteiger partial charge on any atom is -0.456 e. The zero-order valence-electron chi connectivity index (χ0n) is 37.4. The molecule has 1 aliphatic carbocycles. The van der Waals surface area contributed by atoms with Crippen LogP contribution >= 0.6 is 11.3 Å². The minimum absolute atomic E-state index is 0.860.